The van der Waals surface area contributed by atoms with Crippen molar-refractivity contribution >= 4 is 21.8 Å². The monoisotopic (exact) mass is 298 g/mol. The number of nitrogens with one attached hydrogen (secondary N) is 2. The highest BCUT2D eigenvalue weighted by Crippen LogP contribution is 2.16. The van der Waals surface area contributed by atoms with Crippen molar-refractivity contribution in [3.8, 4) is 0 Å². The Morgan fingerprint density at radius 1 is 1.53 bits per heavy atom. The minimum atomic E-state index is -0.475. The maximum atomic E-state index is 13.2. The summed E-state index contributed by atoms with van der Waals surface area (Å²) in [5, 5.41) is 8.85. The molecular formula is C10H8BrFN4O. The molecule has 1 heterocycles. The minimum absolute atomic E-state index is 0.219. The molecule has 0 bridgehead atoms. The Morgan fingerprint density at radius 3 is 3.00 bits per heavy atom. The van der Waals surface area contributed by atoms with Gasteiger partial charge in [-0.3, -0.25) is 9.89 Å². The van der Waals surface area contributed by atoms with Crippen molar-refractivity contribution in [1.29, 1.82) is 0 Å². The summed E-state index contributed by atoms with van der Waals surface area (Å²) in [5.41, 5.74) is 0.255. The van der Waals surface area contributed by atoms with Crippen molar-refractivity contribution in [3.05, 3.63) is 46.2 Å². The van der Waals surface area contributed by atoms with Crippen LogP contribution in [0.2, 0.25) is 0 Å². The van der Waals surface area contributed by atoms with Gasteiger partial charge in [-0.1, -0.05) is 0 Å². The van der Waals surface area contributed by atoms with E-state index in [-0.39, 0.29) is 18.0 Å². The molecule has 0 aliphatic carbocycles. The molecule has 1 aromatic heterocycles. The summed E-state index contributed by atoms with van der Waals surface area (Å²) in [6, 6.07) is 4.18. The molecule has 2 rings (SSSR count). The first-order valence-corrected chi connectivity index (χ1v) is 5.53. The predicted molar refractivity (Wildman–Crippen MR) is 61.7 cm³/mol. The van der Waals surface area contributed by atoms with Gasteiger partial charge in [0, 0.05) is 5.56 Å². The number of carbonyl (C=O) groups excluding carboxylic acids is 1. The van der Waals surface area contributed by atoms with Gasteiger partial charge in [-0.2, -0.15) is 5.10 Å². The molecule has 0 spiro atoms. The van der Waals surface area contributed by atoms with Crippen LogP contribution in [0.1, 0.15) is 16.2 Å². The van der Waals surface area contributed by atoms with E-state index in [1.807, 2.05) is 0 Å². The first-order valence-electron chi connectivity index (χ1n) is 4.74. The van der Waals surface area contributed by atoms with Crippen molar-refractivity contribution in [3.63, 3.8) is 0 Å². The fourth-order valence-electron chi connectivity index (χ4n) is 1.22. The van der Waals surface area contributed by atoms with Crippen LogP contribution in [0, 0.1) is 5.82 Å². The van der Waals surface area contributed by atoms with Crippen LogP contribution in [-0.4, -0.2) is 21.1 Å². The molecule has 2 N–H and O–H groups in total. The number of carbonyl (C=O) groups is 1. The van der Waals surface area contributed by atoms with Crippen LogP contribution in [-0.2, 0) is 6.54 Å². The molecule has 7 heteroatoms. The second-order valence-corrected chi connectivity index (χ2v) is 4.10. The first kappa shape index (κ1) is 11.7. The normalized spacial score (nSPS) is 10.2. The van der Waals surface area contributed by atoms with Crippen molar-refractivity contribution < 1.29 is 9.18 Å². The zero-order chi connectivity index (χ0) is 12.3. The number of benzene rings is 1. The molecule has 2 aromatic rings. The summed E-state index contributed by atoms with van der Waals surface area (Å²) in [4.78, 5) is 15.5. The third-order valence-corrected chi connectivity index (χ3v) is 2.71. The van der Waals surface area contributed by atoms with E-state index in [2.05, 4.69) is 36.4 Å². The van der Waals surface area contributed by atoms with Gasteiger partial charge in [0.05, 0.1) is 11.0 Å². The Hall–Kier alpha value is -1.76. The summed E-state index contributed by atoms with van der Waals surface area (Å²) in [6.07, 6.45) is 1.35. The molecule has 1 aromatic carbocycles. The van der Waals surface area contributed by atoms with Gasteiger partial charge in [-0.15, -0.1) is 0 Å². The van der Waals surface area contributed by atoms with Gasteiger partial charge < -0.3 is 5.32 Å². The molecule has 0 atom stereocenters. The fraction of sp³-hybridized carbons (Fsp3) is 0.100. The predicted octanol–water partition coefficient (Wildman–Crippen LogP) is 1.64. The Balaban J connectivity index is 2.02. The van der Waals surface area contributed by atoms with E-state index in [0.717, 1.165) is 0 Å². The second kappa shape index (κ2) is 5.05. The number of hydrogen-bond donors (Lipinski definition) is 2. The Morgan fingerprint density at radius 2 is 2.35 bits per heavy atom. The van der Waals surface area contributed by atoms with Crippen LogP contribution in [0.25, 0.3) is 0 Å². The molecule has 0 saturated carbocycles. The Labute approximate surface area is 105 Å². The van der Waals surface area contributed by atoms with Gasteiger partial charge in [-0.25, -0.2) is 9.37 Å². The number of H-pyrrole nitrogens is 1. The average molecular weight is 299 g/mol. The number of hydrogen-bond acceptors (Lipinski definition) is 3. The smallest absolute Gasteiger partial charge is 0.251 e. The fourth-order valence-corrected chi connectivity index (χ4v) is 1.47. The number of aromatic nitrogens is 3. The quantitative estimate of drug-likeness (QED) is 0.905. The van der Waals surface area contributed by atoms with E-state index in [1.165, 1.54) is 24.5 Å². The minimum Gasteiger partial charge on any atom is -0.345 e. The number of halogens is 2. The van der Waals surface area contributed by atoms with Crippen molar-refractivity contribution in [2.75, 3.05) is 0 Å². The summed E-state index contributed by atoms with van der Waals surface area (Å²) >= 11 is 3.02. The molecular weight excluding hydrogens is 291 g/mol. The maximum Gasteiger partial charge on any atom is 0.251 e. The van der Waals surface area contributed by atoms with E-state index >= 15 is 0 Å². The SMILES string of the molecule is O=C(NCc1ncn[nH]1)c1ccc(Br)c(F)c1. The lowest BCUT2D eigenvalue weighted by molar-refractivity contribution is 0.0949. The lowest BCUT2D eigenvalue weighted by Crippen LogP contribution is -2.23. The molecule has 88 valence electrons. The lowest BCUT2D eigenvalue weighted by Gasteiger charge is -2.03. The molecule has 0 radical (unpaired) electrons. The van der Waals surface area contributed by atoms with Crippen LogP contribution in [0.4, 0.5) is 4.39 Å². The van der Waals surface area contributed by atoms with Crippen LogP contribution < -0.4 is 5.32 Å². The zero-order valence-electron chi connectivity index (χ0n) is 8.58. The van der Waals surface area contributed by atoms with Crippen LogP contribution >= 0.6 is 15.9 Å². The van der Waals surface area contributed by atoms with E-state index < -0.39 is 5.82 Å². The lowest BCUT2D eigenvalue weighted by atomic mass is 10.2. The van der Waals surface area contributed by atoms with Gasteiger partial charge in [0.15, 0.2) is 0 Å². The van der Waals surface area contributed by atoms with Gasteiger partial charge in [-0.05, 0) is 34.1 Å². The maximum absolute atomic E-state index is 13.2. The molecule has 5 nitrogen and oxygen atoms in total. The molecule has 0 aliphatic heterocycles. The van der Waals surface area contributed by atoms with Crippen LogP contribution in [0.15, 0.2) is 29.0 Å². The number of rotatable bonds is 3. The molecule has 0 aliphatic rings. The molecule has 0 unspecified atom stereocenters. The molecule has 0 fully saturated rings. The Kier molecular flexibility index (Phi) is 3.48. The van der Waals surface area contributed by atoms with Gasteiger partial charge in [0.25, 0.3) is 5.91 Å². The standard InChI is InChI=1S/C10H8BrFN4O/c11-7-2-1-6(3-8(7)12)10(17)13-4-9-14-5-15-16-9/h1-3,5H,4H2,(H,13,17)(H,14,15,16). The third-order valence-electron chi connectivity index (χ3n) is 2.06. The highest BCUT2D eigenvalue weighted by atomic mass is 79.9. The van der Waals surface area contributed by atoms with Crippen molar-refractivity contribution in [1.82, 2.24) is 20.5 Å². The molecule has 17 heavy (non-hydrogen) atoms. The topological polar surface area (TPSA) is 70.7 Å². The summed E-state index contributed by atoms with van der Waals surface area (Å²) in [5.74, 6) is -0.305. The highest BCUT2D eigenvalue weighted by molar-refractivity contribution is 9.10. The van der Waals surface area contributed by atoms with Gasteiger partial charge >= 0.3 is 0 Å². The largest absolute Gasteiger partial charge is 0.345 e. The Bertz CT molecular complexity index is 529. The van der Waals surface area contributed by atoms with Crippen LogP contribution in [0.5, 0.6) is 0 Å². The van der Waals surface area contributed by atoms with E-state index in [4.69, 9.17) is 0 Å². The van der Waals surface area contributed by atoms with Crippen molar-refractivity contribution in [2.24, 2.45) is 0 Å². The number of nitrogens with zero attached hydrogens (tertiary/aromatic N) is 2. The number of aromatic amines is 1. The average Bonchev–Trinajstić information content (AvgIpc) is 2.82. The van der Waals surface area contributed by atoms with E-state index in [9.17, 15) is 9.18 Å². The van der Waals surface area contributed by atoms with E-state index in [0.29, 0.717) is 10.3 Å². The summed E-state index contributed by atoms with van der Waals surface area (Å²) in [7, 11) is 0. The zero-order valence-corrected chi connectivity index (χ0v) is 10.2. The third kappa shape index (κ3) is 2.88. The summed E-state index contributed by atoms with van der Waals surface area (Å²) < 4.78 is 13.5. The van der Waals surface area contributed by atoms with Crippen LogP contribution in [0.3, 0.4) is 0 Å². The molecule has 1 amide bonds. The second-order valence-electron chi connectivity index (χ2n) is 3.24. The van der Waals surface area contributed by atoms with E-state index in [1.54, 1.807) is 0 Å². The molecule has 0 saturated heterocycles. The number of amides is 1. The highest BCUT2D eigenvalue weighted by Gasteiger charge is 2.08. The summed E-state index contributed by atoms with van der Waals surface area (Å²) in [6.45, 7) is 0.219. The van der Waals surface area contributed by atoms with Crippen molar-refractivity contribution in [2.45, 2.75) is 6.54 Å². The van der Waals surface area contributed by atoms with Gasteiger partial charge in [0.2, 0.25) is 0 Å². The van der Waals surface area contributed by atoms with Gasteiger partial charge in [0.1, 0.15) is 18.0 Å². The first-order chi connectivity index (χ1) is 8.16.